The van der Waals surface area contributed by atoms with Crippen molar-refractivity contribution in [1.82, 2.24) is 4.98 Å². The zero-order valence-corrected chi connectivity index (χ0v) is 8.76. The highest BCUT2D eigenvalue weighted by atomic mass is 16.1. The first kappa shape index (κ1) is 10.4. The van der Waals surface area contributed by atoms with Crippen LogP contribution in [-0.4, -0.2) is 10.9 Å². The minimum atomic E-state index is -0.361. The fourth-order valence-electron chi connectivity index (χ4n) is 1.51. The molecule has 2 rings (SSSR count). The van der Waals surface area contributed by atoms with Gasteiger partial charge in [0.2, 0.25) is 5.91 Å². The average Bonchev–Trinajstić information content (AvgIpc) is 2.30. The Hall–Kier alpha value is -2.16. The maximum atomic E-state index is 10.7. The predicted molar refractivity (Wildman–Crippen MR) is 62.6 cm³/mol. The van der Waals surface area contributed by atoms with Crippen LogP contribution in [0, 0.1) is 0 Å². The lowest BCUT2D eigenvalue weighted by molar-refractivity contribution is -0.117. The number of hydrogen-bond donors (Lipinski definition) is 1. The Morgan fingerprint density at radius 3 is 2.38 bits per heavy atom. The number of carbonyl (C=O) groups is 1. The van der Waals surface area contributed by atoms with Crippen LogP contribution in [0.25, 0.3) is 11.1 Å². The SMILES string of the molecule is NC(=O)Cc1ccc(-c2ccccc2)cn1. The highest BCUT2D eigenvalue weighted by Gasteiger charge is 2.01. The van der Waals surface area contributed by atoms with Crippen LogP contribution in [-0.2, 0) is 11.2 Å². The molecule has 0 atom stereocenters. The Bertz CT molecular complexity index is 477. The van der Waals surface area contributed by atoms with Gasteiger partial charge < -0.3 is 5.73 Å². The van der Waals surface area contributed by atoms with Crippen molar-refractivity contribution in [2.75, 3.05) is 0 Å². The Morgan fingerprint density at radius 1 is 1.06 bits per heavy atom. The summed E-state index contributed by atoms with van der Waals surface area (Å²) in [4.78, 5) is 14.9. The molecule has 0 unspecified atom stereocenters. The van der Waals surface area contributed by atoms with E-state index in [0.29, 0.717) is 5.69 Å². The van der Waals surface area contributed by atoms with Crippen LogP contribution < -0.4 is 5.73 Å². The fraction of sp³-hybridized carbons (Fsp3) is 0.0769. The summed E-state index contributed by atoms with van der Waals surface area (Å²) in [6, 6.07) is 13.7. The number of rotatable bonds is 3. The molecule has 0 radical (unpaired) electrons. The first-order valence-electron chi connectivity index (χ1n) is 5.04. The number of nitrogens with two attached hydrogens (primary N) is 1. The van der Waals surface area contributed by atoms with Crippen molar-refractivity contribution in [3.05, 3.63) is 54.4 Å². The van der Waals surface area contributed by atoms with Crippen LogP contribution in [0.2, 0.25) is 0 Å². The van der Waals surface area contributed by atoms with Crippen molar-refractivity contribution in [3.8, 4) is 11.1 Å². The van der Waals surface area contributed by atoms with Gasteiger partial charge in [-0.15, -0.1) is 0 Å². The van der Waals surface area contributed by atoms with Crippen molar-refractivity contribution in [1.29, 1.82) is 0 Å². The Labute approximate surface area is 93.9 Å². The molecule has 3 nitrogen and oxygen atoms in total. The molecule has 2 aromatic rings. The number of aromatic nitrogens is 1. The number of carbonyl (C=O) groups excluding carboxylic acids is 1. The molecule has 1 aromatic heterocycles. The number of amides is 1. The molecule has 0 spiro atoms. The molecule has 0 fully saturated rings. The molecule has 2 N–H and O–H groups in total. The van der Waals surface area contributed by atoms with Crippen molar-refractivity contribution >= 4 is 5.91 Å². The number of pyridine rings is 1. The summed E-state index contributed by atoms with van der Waals surface area (Å²) in [6.45, 7) is 0. The first-order chi connectivity index (χ1) is 7.75. The van der Waals surface area contributed by atoms with Crippen molar-refractivity contribution in [2.24, 2.45) is 5.73 Å². The normalized spacial score (nSPS) is 10.0. The van der Waals surface area contributed by atoms with E-state index in [1.807, 2.05) is 42.5 Å². The van der Waals surface area contributed by atoms with Gasteiger partial charge in [0.05, 0.1) is 6.42 Å². The molecule has 0 saturated heterocycles. The summed E-state index contributed by atoms with van der Waals surface area (Å²) in [5.41, 5.74) is 7.94. The van der Waals surface area contributed by atoms with Crippen LogP contribution >= 0.6 is 0 Å². The van der Waals surface area contributed by atoms with Gasteiger partial charge in [0.25, 0.3) is 0 Å². The van der Waals surface area contributed by atoms with Crippen LogP contribution in [0.5, 0.6) is 0 Å². The van der Waals surface area contributed by atoms with Gasteiger partial charge in [-0.25, -0.2) is 0 Å². The van der Waals surface area contributed by atoms with E-state index >= 15 is 0 Å². The summed E-state index contributed by atoms with van der Waals surface area (Å²) in [5.74, 6) is -0.361. The lowest BCUT2D eigenvalue weighted by atomic mass is 10.1. The monoisotopic (exact) mass is 212 g/mol. The van der Waals surface area contributed by atoms with E-state index in [1.165, 1.54) is 0 Å². The quantitative estimate of drug-likeness (QED) is 0.843. The summed E-state index contributed by atoms with van der Waals surface area (Å²) in [7, 11) is 0. The molecule has 3 heteroatoms. The summed E-state index contributed by atoms with van der Waals surface area (Å²) in [5, 5.41) is 0. The van der Waals surface area contributed by atoms with E-state index in [9.17, 15) is 4.79 Å². The average molecular weight is 212 g/mol. The summed E-state index contributed by atoms with van der Waals surface area (Å²) >= 11 is 0. The Kier molecular flexibility index (Phi) is 2.96. The molecule has 0 aliphatic heterocycles. The van der Waals surface area contributed by atoms with Crippen LogP contribution in [0.15, 0.2) is 48.7 Å². The lowest BCUT2D eigenvalue weighted by Gasteiger charge is -2.02. The van der Waals surface area contributed by atoms with Gasteiger partial charge in [-0.3, -0.25) is 9.78 Å². The third-order valence-electron chi connectivity index (χ3n) is 2.29. The summed E-state index contributed by atoms with van der Waals surface area (Å²) < 4.78 is 0. The van der Waals surface area contributed by atoms with E-state index in [1.54, 1.807) is 6.20 Å². The number of nitrogens with zero attached hydrogens (tertiary/aromatic N) is 1. The molecule has 1 heterocycles. The summed E-state index contributed by atoms with van der Waals surface area (Å²) in [6.07, 6.45) is 1.95. The van der Waals surface area contributed by atoms with Gasteiger partial charge in [-0.1, -0.05) is 36.4 Å². The first-order valence-corrected chi connectivity index (χ1v) is 5.04. The number of hydrogen-bond acceptors (Lipinski definition) is 2. The minimum absolute atomic E-state index is 0.190. The fourth-order valence-corrected chi connectivity index (χ4v) is 1.51. The second-order valence-electron chi connectivity index (χ2n) is 3.55. The number of benzene rings is 1. The Balaban J connectivity index is 2.23. The van der Waals surface area contributed by atoms with Crippen molar-refractivity contribution in [3.63, 3.8) is 0 Å². The van der Waals surface area contributed by atoms with E-state index in [0.717, 1.165) is 11.1 Å². The molecule has 1 aromatic carbocycles. The third kappa shape index (κ3) is 2.45. The zero-order chi connectivity index (χ0) is 11.4. The molecule has 0 aliphatic rings. The second kappa shape index (κ2) is 4.57. The molecule has 0 saturated carbocycles. The topological polar surface area (TPSA) is 56.0 Å². The third-order valence-corrected chi connectivity index (χ3v) is 2.29. The molecular formula is C13H12N2O. The van der Waals surface area contributed by atoms with Crippen molar-refractivity contribution in [2.45, 2.75) is 6.42 Å². The second-order valence-corrected chi connectivity index (χ2v) is 3.55. The predicted octanol–water partition coefficient (Wildman–Crippen LogP) is 1.78. The van der Waals surface area contributed by atoms with E-state index < -0.39 is 0 Å². The largest absolute Gasteiger partial charge is 0.369 e. The highest BCUT2D eigenvalue weighted by molar-refractivity contribution is 5.76. The maximum absolute atomic E-state index is 10.7. The Morgan fingerprint density at radius 2 is 1.81 bits per heavy atom. The zero-order valence-electron chi connectivity index (χ0n) is 8.76. The van der Waals surface area contributed by atoms with Gasteiger partial charge in [0, 0.05) is 17.5 Å². The van der Waals surface area contributed by atoms with Crippen LogP contribution in [0.4, 0.5) is 0 Å². The van der Waals surface area contributed by atoms with E-state index in [-0.39, 0.29) is 12.3 Å². The van der Waals surface area contributed by atoms with Crippen LogP contribution in [0.1, 0.15) is 5.69 Å². The smallest absolute Gasteiger partial charge is 0.223 e. The maximum Gasteiger partial charge on any atom is 0.223 e. The highest BCUT2D eigenvalue weighted by Crippen LogP contribution is 2.17. The van der Waals surface area contributed by atoms with Gasteiger partial charge in [-0.2, -0.15) is 0 Å². The van der Waals surface area contributed by atoms with Gasteiger partial charge >= 0.3 is 0 Å². The molecule has 0 aliphatic carbocycles. The van der Waals surface area contributed by atoms with Crippen LogP contribution in [0.3, 0.4) is 0 Å². The lowest BCUT2D eigenvalue weighted by Crippen LogP contribution is -2.14. The molecule has 0 bridgehead atoms. The van der Waals surface area contributed by atoms with Gasteiger partial charge in [0.1, 0.15) is 0 Å². The molecule has 16 heavy (non-hydrogen) atoms. The minimum Gasteiger partial charge on any atom is -0.369 e. The molecule has 80 valence electrons. The van der Waals surface area contributed by atoms with Crippen molar-refractivity contribution < 1.29 is 4.79 Å². The van der Waals surface area contributed by atoms with E-state index in [2.05, 4.69) is 4.98 Å². The van der Waals surface area contributed by atoms with E-state index in [4.69, 9.17) is 5.73 Å². The van der Waals surface area contributed by atoms with Gasteiger partial charge in [0.15, 0.2) is 0 Å². The molecular weight excluding hydrogens is 200 g/mol. The van der Waals surface area contributed by atoms with Gasteiger partial charge in [-0.05, 0) is 11.6 Å². The number of primary amides is 1. The molecule has 1 amide bonds. The standard InChI is InChI=1S/C13H12N2O/c14-13(16)8-12-7-6-11(9-15-12)10-4-2-1-3-5-10/h1-7,9H,8H2,(H2,14,16).